The molecule has 2 heterocycles. The van der Waals surface area contributed by atoms with Gasteiger partial charge < -0.3 is 10.1 Å². The van der Waals surface area contributed by atoms with Crippen molar-refractivity contribution in [1.82, 2.24) is 5.32 Å². The Kier molecular flexibility index (Phi) is 6.16. The Morgan fingerprint density at radius 3 is 2.53 bits per heavy atom. The van der Waals surface area contributed by atoms with Crippen LogP contribution in [0.25, 0.3) is 0 Å². The number of rotatable bonds is 5. The summed E-state index contributed by atoms with van der Waals surface area (Å²) in [4.78, 5) is 28.0. The van der Waals surface area contributed by atoms with Crippen LogP contribution in [0, 0.1) is 5.82 Å². The molecule has 5 rings (SSSR count). The Labute approximate surface area is 201 Å². The molecule has 0 fully saturated rings. The summed E-state index contributed by atoms with van der Waals surface area (Å²) >= 11 is 1.65. The number of Topliss-reactive ketones (excluding diaryl/α,β-unsaturated/α-hetero) is 1. The summed E-state index contributed by atoms with van der Waals surface area (Å²) in [7, 11) is 0. The molecule has 34 heavy (non-hydrogen) atoms. The summed E-state index contributed by atoms with van der Waals surface area (Å²) in [5.74, 6) is -1.34. The summed E-state index contributed by atoms with van der Waals surface area (Å²) in [5, 5.41) is 5.37. The van der Waals surface area contributed by atoms with Gasteiger partial charge in [0.1, 0.15) is 12.4 Å². The first-order valence-corrected chi connectivity index (χ1v) is 12.1. The number of thiophene rings is 1. The molecule has 0 saturated carbocycles. The third-order valence-electron chi connectivity index (χ3n) is 6.41. The summed E-state index contributed by atoms with van der Waals surface area (Å²) in [5.41, 5.74) is 4.04. The summed E-state index contributed by atoms with van der Waals surface area (Å²) in [6, 6.07) is 19.5. The topological polar surface area (TPSA) is 55.4 Å². The van der Waals surface area contributed by atoms with Gasteiger partial charge in [-0.15, -0.1) is 11.3 Å². The van der Waals surface area contributed by atoms with Crippen LogP contribution in [-0.2, 0) is 20.9 Å². The highest BCUT2D eigenvalue weighted by molar-refractivity contribution is 7.10. The Balaban J connectivity index is 1.51. The highest BCUT2D eigenvalue weighted by atomic mass is 32.1. The van der Waals surface area contributed by atoms with Crippen molar-refractivity contribution < 1.29 is 18.7 Å². The molecule has 0 unspecified atom stereocenters. The first kappa shape index (κ1) is 22.3. The average molecular weight is 474 g/mol. The zero-order valence-electron chi connectivity index (χ0n) is 18.7. The molecule has 2 aliphatic rings. The molecule has 1 N–H and O–H groups in total. The summed E-state index contributed by atoms with van der Waals surface area (Å²) < 4.78 is 19.4. The number of benzene rings is 2. The van der Waals surface area contributed by atoms with E-state index in [1.165, 1.54) is 17.0 Å². The van der Waals surface area contributed by atoms with E-state index < -0.39 is 11.9 Å². The molecule has 172 valence electrons. The smallest absolute Gasteiger partial charge is 0.337 e. The van der Waals surface area contributed by atoms with Gasteiger partial charge in [0.15, 0.2) is 5.78 Å². The van der Waals surface area contributed by atoms with Crippen LogP contribution in [0.1, 0.15) is 47.6 Å². The predicted molar refractivity (Wildman–Crippen MR) is 130 cm³/mol. The lowest BCUT2D eigenvalue weighted by atomic mass is 9.72. The number of carbonyl (C=O) groups is 2. The second kappa shape index (κ2) is 9.39. The van der Waals surface area contributed by atoms with E-state index in [1.807, 2.05) is 48.7 Å². The minimum absolute atomic E-state index is 0.00216. The third-order valence-corrected chi connectivity index (χ3v) is 7.44. The van der Waals surface area contributed by atoms with E-state index in [4.69, 9.17) is 4.74 Å². The van der Waals surface area contributed by atoms with Crippen molar-refractivity contribution in [2.24, 2.45) is 0 Å². The van der Waals surface area contributed by atoms with Crippen molar-refractivity contribution in [2.75, 3.05) is 0 Å². The van der Waals surface area contributed by atoms with Crippen molar-refractivity contribution in [2.45, 2.75) is 38.2 Å². The quantitative estimate of drug-likeness (QED) is 0.463. The van der Waals surface area contributed by atoms with Crippen molar-refractivity contribution in [3.8, 4) is 0 Å². The first-order chi connectivity index (χ1) is 16.5. The molecule has 3 aromatic rings. The number of esters is 1. The molecule has 0 amide bonds. The standard InChI is InChI=1S/C28H24FNO3S/c1-17-25(28(32)33-16-18-6-3-2-4-7-18)26(19-9-11-21(29)12-10-19)27-22(30-17)14-20(15-23(27)31)24-8-5-13-34-24/h2-13,20,26,30H,14-16H2,1H3/t20-,26-/m0/s1. The number of allylic oxidation sites excluding steroid dienone is 3. The maximum Gasteiger partial charge on any atom is 0.337 e. The van der Waals surface area contributed by atoms with E-state index in [-0.39, 0.29) is 24.1 Å². The first-order valence-electron chi connectivity index (χ1n) is 11.2. The zero-order valence-corrected chi connectivity index (χ0v) is 19.5. The van der Waals surface area contributed by atoms with Crippen LogP contribution in [0.2, 0.25) is 0 Å². The molecule has 6 heteroatoms. The highest BCUT2D eigenvalue weighted by Crippen LogP contribution is 2.46. The predicted octanol–water partition coefficient (Wildman–Crippen LogP) is 5.99. The summed E-state index contributed by atoms with van der Waals surface area (Å²) in [6.07, 6.45) is 1.06. The van der Waals surface area contributed by atoms with Gasteiger partial charge in [0.05, 0.1) is 5.57 Å². The van der Waals surface area contributed by atoms with E-state index in [0.717, 1.165) is 11.3 Å². The Morgan fingerprint density at radius 2 is 1.82 bits per heavy atom. The number of halogens is 1. The lowest BCUT2D eigenvalue weighted by molar-refractivity contribution is -0.140. The van der Waals surface area contributed by atoms with Crippen LogP contribution in [0.3, 0.4) is 0 Å². The van der Waals surface area contributed by atoms with Crippen molar-refractivity contribution in [1.29, 1.82) is 0 Å². The van der Waals surface area contributed by atoms with Gasteiger partial charge in [-0.05, 0) is 48.1 Å². The van der Waals surface area contributed by atoms with E-state index in [9.17, 15) is 14.0 Å². The molecule has 2 aromatic carbocycles. The average Bonchev–Trinajstić information content (AvgIpc) is 3.38. The third kappa shape index (κ3) is 4.33. The maximum atomic E-state index is 13.7. The van der Waals surface area contributed by atoms with Gasteiger partial charge >= 0.3 is 5.97 Å². The minimum atomic E-state index is -0.600. The fourth-order valence-corrected chi connectivity index (χ4v) is 5.65. The van der Waals surface area contributed by atoms with Crippen molar-refractivity contribution in [3.63, 3.8) is 0 Å². The van der Waals surface area contributed by atoms with Gasteiger partial charge in [-0.25, -0.2) is 9.18 Å². The second-order valence-corrected chi connectivity index (χ2v) is 9.63. The number of ether oxygens (including phenoxy) is 1. The molecule has 0 saturated heterocycles. The van der Waals surface area contributed by atoms with E-state index in [0.29, 0.717) is 35.2 Å². The molecular formula is C28H24FNO3S. The molecule has 0 radical (unpaired) electrons. The van der Waals surface area contributed by atoms with Crippen LogP contribution in [-0.4, -0.2) is 11.8 Å². The van der Waals surface area contributed by atoms with E-state index in [2.05, 4.69) is 11.4 Å². The van der Waals surface area contributed by atoms with E-state index in [1.54, 1.807) is 23.5 Å². The van der Waals surface area contributed by atoms with Gasteiger partial charge in [-0.1, -0.05) is 48.5 Å². The summed E-state index contributed by atoms with van der Waals surface area (Å²) in [6.45, 7) is 1.96. The number of dihydropyridines is 1. The number of nitrogens with one attached hydrogen (secondary N) is 1. The molecule has 1 aliphatic carbocycles. The number of hydrogen-bond acceptors (Lipinski definition) is 5. The van der Waals surface area contributed by atoms with Crippen molar-refractivity contribution >= 4 is 23.1 Å². The second-order valence-electron chi connectivity index (χ2n) is 8.65. The van der Waals surface area contributed by atoms with Gasteiger partial charge in [0.2, 0.25) is 0 Å². The molecular weight excluding hydrogens is 449 g/mol. The Bertz CT molecular complexity index is 1280. The Hall–Kier alpha value is -3.51. The largest absolute Gasteiger partial charge is 0.457 e. The SMILES string of the molecule is CC1=C(C(=O)OCc2ccccc2)[C@H](c2ccc(F)cc2)C2=C(C[C@H](c3cccs3)CC2=O)N1. The van der Waals surface area contributed by atoms with Crippen LogP contribution < -0.4 is 5.32 Å². The lowest BCUT2D eigenvalue weighted by Gasteiger charge is -2.36. The molecule has 1 aromatic heterocycles. The zero-order chi connectivity index (χ0) is 23.7. The van der Waals surface area contributed by atoms with Crippen LogP contribution >= 0.6 is 11.3 Å². The number of carbonyl (C=O) groups excluding carboxylic acids is 2. The number of hydrogen-bond donors (Lipinski definition) is 1. The fraction of sp³-hybridized carbons (Fsp3) is 0.214. The number of ketones is 1. The Morgan fingerprint density at radius 1 is 1.06 bits per heavy atom. The minimum Gasteiger partial charge on any atom is -0.457 e. The van der Waals surface area contributed by atoms with Gasteiger partial charge in [-0.3, -0.25) is 4.79 Å². The van der Waals surface area contributed by atoms with Gasteiger partial charge in [0, 0.05) is 40.1 Å². The maximum absolute atomic E-state index is 13.7. The van der Waals surface area contributed by atoms with Gasteiger partial charge in [0.25, 0.3) is 0 Å². The highest BCUT2D eigenvalue weighted by Gasteiger charge is 2.41. The molecule has 0 bridgehead atoms. The monoisotopic (exact) mass is 473 g/mol. The van der Waals surface area contributed by atoms with Crippen LogP contribution in [0.4, 0.5) is 4.39 Å². The lowest BCUT2D eigenvalue weighted by Crippen LogP contribution is -2.36. The van der Waals surface area contributed by atoms with Crippen LogP contribution in [0.5, 0.6) is 0 Å². The molecule has 1 aliphatic heterocycles. The normalized spacial score (nSPS) is 20.1. The fourth-order valence-electron chi connectivity index (χ4n) is 4.82. The van der Waals surface area contributed by atoms with Gasteiger partial charge in [-0.2, -0.15) is 0 Å². The molecule has 0 spiro atoms. The van der Waals surface area contributed by atoms with Crippen molar-refractivity contribution in [3.05, 3.63) is 116 Å². The van der Waals surface area contributed by atoms with Crippen LogP contribution in [0.15, 0.2) is 94.7 Å². The van der Waals surface area contributed by atoms with E-state index >= 15 is 0 Å². The molecule has 2 atom stereocenters. The molecule has 4 nitrogen and oxygen atoms in total.